The van der Waals surface area contributed by atoms with E-state index in [4.69, 9.17) is 11.5 Å². The van der Waals surface area contributed by atoms with Crippen LogP contribution in [0.25, 0.3) is 0 Å². The van der Waals surface area contributed by atoms with E-state index >= 15 is 0 Å². The molecule has 15 heavy (non-hydrogen) atoms. The van der Waals surface area contributed by atoms with Gasteiger partial charge < -0.3 is 11.5 Å². The molecule has 1 aliphatic rings. The summed E-state index contributed by atoms with van der Waals surface area (Å²) >= 11 is 0. The molecule has 1 rings (SSSR count). The predicted octanol–water partition coefficient (Wildman–Crippen LogP) is 0.310. The first-order chi connectivity index (χ1) is 7.11. The number of likely N-dealkylation sites (N-methyl/N-ethyl adjacent to an activating group) is 1. The molecule has 0 saturated heterocycles. The van der Waals surface area contributed by atoms with E-state index < -0.39 is 0 Å². The summed E-state index contributed by atoms with van der Waals surface area (Å²) in [5, 5.41) is 0. The fourth-order valence-electron chi connectivity index (χ4n) is 2.69. The smallest absolute Gasteiger partial charge is 0.234 e. The average Bonchev–Trinajstić information content (AvgIpc) is 2.66. The second-order valence-electron chi connectivity index (χ2n) is 4.40. The van der Waals surface area contributed by atoms with E-state index in [1.807, 2.05) is 6.92 Å². The van der Waals surface area contributed by atoms with Gasteiger partial charge in [0.15, 0.2) is 0 Å². The van der Waals surface area contributed by atoms with Crippen LogP contribution in [0.2, 0.25) is 0 Å². The van der Waals surface area contributed by atoms with Gasteiger partial charge in [-0.3, -0.25) is 9.69 Å². The van der Waals surface area contributed by atoms with Gasteiger partial charge in [-0.1, -0.05) is 13.3 Å². The molecule has 0 aromatic rings. The number of hydrogen-bond acceptors (Lipinski definition) is 3. The number of amides is 1. The Bertz CT molecular complexity index is 220. The van der Waals surface area contributed by atoms with Crippen molar-refractivity contribution in [2.45, 2.75) is 45.2 Å². The lowest BCUT2D eigenvalue weighted by atomic mass is 10.0. The molecule has 1 amide bonds. The standard InChI is InChI=1S/C11H23N3O/c1-3-14(8(2)11(13)15)10-6-4-5-9(10)7-12/h8-10H,3-7,12H2,1-2H3,(H2,13,15). The van der Waals surface area contributed by atoms with Crippen molar-refractivity contribution < 1.29 is 4.79 Å². The van der Waals surface area contributed by atoms with Crippen LogP contribution >= 0.6 is 0 Å². The molecule has 0 aromatic carbocycles. The van der Waals surface area contributed by atoms with Crippen LogP contribution in [0.4, 0.5) is 0 Å². The SMILES string of the molecule is CCN(C(C)C(N)=O)C1CCCC1CN. The zero-order valence-electron chi connectivity index (χ0n) is 9.78. The molecule has 0 bridgehead atoms. The maximum atomic E-state index is 11.2. The van der Waals surface area contributed by atoms with Crippen LogP contribution in [0.3, 0.4) is 0 Å². The molecule has 1 aliphatic carbocycles. The molecule has 4 N–H and O–H groups in total. The lowest BCUT2D eigenvalue weighted by molar-refractivity contribution is -0.123. The molecule has 3 unspecified atom stereocenters. The number of rotatable bonds is 5. The monoisotopic (exact) mass is 213 g/mol. The lowest BCUT2D eigenvalue weighted by Gasteiger charge is -2.35. The molecule has 4 heteroatoms. The highest BCUT2D eigenvalue weighted by Gasteiger charge is 2.34. The zero-order valence-corrected chi connectivity index (χ0v) is 9.78. The normalized spacial score (nSPS) is 28.3. The van der Waals surface area contributed by atoms with Crippen LogP contribution in [0.15, 0.2) is 0 Å². The zero-order chi connectivity index (χ0) is 11.4. The van der Waals surface area contributed by atoms with Crippen LogP contribution in [-0.4, -0.2) is 36.0 Å². The Kier molecular flexibility index (Phi) is 4.54. The molecule has 0 radical (unpaired) electrons. The van der Waals surface area contributed by atoms with E-state index in [0.717, 1.165) is 13.0 Å². The fraction of sp³-hybridized carbons (Fsp3) is 0.909. The molecule has 0 aliphatic heterocycles. The Morgan fingerprint density at radius 3 is 2.67 bits per heavy atom. The topological polar surface area (TPSA) is 72.3 Å². The predicted molar refractivity (Wildman–Crippen MR) is 61.2 cm³/mol. The van der Waals surface area contributed by atoms with Crippen molar-refractivity contribution in [1.29, 1.82) is 0 Å². The lowest BCUT2D eigenvalue weighted by Crippen LogP contribution is -2.50. The van der Waals surface area contributed by atoms with E-state index in [2.05, 4.69) is 11.8 Å². The summed E-state index contributed by atoms with van der Waals surface area (Å²) in [5.41, 5.74) is 11.1. The highest BCUT2D eigenvalue weighted by atomic mass is 16.1. The van der Waals surface area contributed by atoms with Gasteiger partial charge in [0.2, 0.25) is 5.91 Å². The molecular formula is C11H23N3O. The van der Waals surface area contributed by atoms with Crippen molar-refractivity contribution in [2.24, 2.45) is 17.4 Å². The minimum atomic E-state index is -0.237. The van der Waals surface area contributed by atoms with Crippen LogP contribution in [0, 0.1) is 5.92 Å². The van der Waals surface area contributed by atoms with E-state index in [-0.39, 0.29) is 11.9 Å². The number of nitrogens with zero attached hydrogens (tertiary/aromatic N) is 1. The van der Waals surface area contributed by atoms with Gasteiger partial charge in [-0.15, -0.1) is 0 Å². The van der Waals surface area contributed by atoms with Gasteiger partial charge in [0.05, 0.1) is 6.04 Å². The summed E-state index contributed by atoms with van der Waals surface area (Å²) in [6.07, 6.45) is 3.55. The Morgan fingerprint density at radius 2 is 2.20 bits per heavy atom. The van der Waals surface area contributed by atoms with Crippen LogP contribution < -0.4 is 11.5 Å². The minimum Gasteiger partial charge on any atom is -0.368 e. The Balaban J connectivity index is 2.68. The van der Waals surface area contributed by atoms with Gasteiger partial charge >= 0.3 is 0 Å². The third kappa shape index (κ3) is 2.69. The van der Waals surface area contributed by atoms with Crippen molar-refractivity contribution in [1.82, 2.24) is 4.90 Å². The fourth-order valence-corrected chi connectivity index (χ4v) is 2.69. The number of carbonyl (C=O) groups is 1. The molecule has 88 valence electrons. The minimum absolute atomic E-state index is 0.174. The molecule has 0 heterocycles. The number of carbonyl (C=O) groups excluding carboxylic acids is 1. The van der Waals surface area contributed by atoms with Gasteiger partial charge in [0.1, 0.15) is 0 Å². The van der Waals surface area contributed by atoms with E-state index in [9.17, 15) is 4.79 Å². The average molecular weight is 213 g/mol. The Hall–Kier alpha value is -0.610. The summed E-state index contributed by atoms with van der Waals surface area (Å²) in [6, 6.07) is 0.273. The Morgan fingerprint density at radius 1 is 1.53 bits per heavy atom. The summed E-state index contributed by atoms with van der Waals surface area (Å²) in [5.74, 6) is 0.297. The second kappa shape index (κ2) is 5.47. The van der Waals surface area contributed by atoms with Crippen molar-refractivity contribution in [3.05, 3.63) is 0 Å². The number of primary amides is 1. The first-order valence-corrected chi connectivity index (χ1v) is 5.86. The molecule has 0 aromatic heterocycles. The van der Waals surface area contributed by atoms with Gasteiger partial charge in [0.25, 0.3) is 0 Å². The van der Waals surface area contributed by atoms with Crippen molar-refractivity contribution in [2.75, 3.05) is 13.1 Å². The quantitative estimate of drug-likeness (QED) is 0.690. The Labute approximate surface area is 92.0 Å². The van der Waals surface area contributed by atoms with Crippen LogP contribution in [-0.2, 0) is 4.79 Å². The van der Waals surface area contributed by atoms with Gasteiger partial charge in [-0.25, -0.2) is 0 Å². The van der Waals surface area contributed by atoms with Crippen LogP contribution in [0.5, 0.6) is 0 Å². The largest absolute Gasteiger partial charge is 0.368 e. The molecule has 0 spiro atoms. The first-order valence-electron chi connectivity index (χ1n) is 5.86. The summed E-state index contributed by atoms with van der Waals surface area (Å²) < 4.78 is 0. The van der Waals surface area contributed by atoms with E-state index in [1.54, 1.807) is 0 Å². The van der Waals surface area contributed by atoms with Crippen molar-refractivity contribution in [3.8, 4) is 0 Å². The number of nitrogens with two attached hydrogens (primary N) is 2. The third-order valence-corrected chi connectivity index (χ3v) is 3.62. The van der Waals surface area contributed by atoms with Gasteiger partial charge in [0, 0.05) is 6.04 Å². The molecule has 4 nitrogen and oxygen atoms in total. The summed E-state index contributed by atoms with van der Waals surface area (Å²) in [7, 11) is 0. The second-order valence-corrected chi connectivity index (χ2v) is 4.40. The maximum absolute atomic E-state index is 11.2. The summed E-state index contributed by atoms with van der Waals surface area (Å²) in [6.45, 7) is 5.54. The van der Waals surface area contributed by atoms with Crippen molar-refractivity contribution in [3.63, 3.8) is 0 Å². The van der Waals surface area contributed by atoms with E-state index in [0.29, 0.717) is 18.5 Å². The molecular weight excluding hydrogens is 190 g/mol. The van der Waals surface area contributed by atoms with Crippen molar-refractivity contribution >= 4 is 5.91 Å². The number of hydrogen-bond donors (Lipinski definition) is 2. The highest BCUT2D eigenvalue weighted by Crippen LogP contribution is 2.30. The van der Waals surface area contributed by atoms with E-state index in [1.165, 1.54) is 12.8 Å². The highest BCUT2D eigenvalue weighted by molar-refractivity contribution is 5.79. The van der Waals surface area contributed by atoms with Gasteiger partial charge in [-0.05, 0) is 38.8 Å². The molecule has 1 saturated carbocycles. The van der Waals surface area contributed by atoms with Gasteiger partial charge in [-0.2, -0.15) is 0 Å². The third-order valence-electron chi connectivity index (χ3n) is 3.62. The molecule has 3 atom stereocenters. The van der Waals surface area contributed by atoms with Crippen LogP contribution in [0.1, 0.15) is 33.1 Å². The maximum Gasteiger partial charge on any atom is 0.234 e. The summed E-state index contributed by atoms with van der Waals surface area (Å²) in [4.78, 5) is 13.4. The molecule has 1 fully saturated rings. The first kappa shape index (κ1) is 12.5.